The third-order valence-electron chi connectivity index (χ3n) is 3.72. The van der Waals surface area contributed by atoms with Crippen molar-refractivity contribution < 1.29 is 0 Å². The highest BCUT2D eigenvalue weighted by molar-refractivity contribution is 4.85. The molecule has 2 rings (SSSR count). The van der Waals surface area contributed by atoms with Gasteiger partial charge >= 0.3 is 0 Å². The van der Waals surface area contributed by atoms with E-state index >= 15 is 0 Å². The van der Waals surface area contributed by atoms with Crippen LogP contribution in [0.4, 0.5) is 0 Å². The van der Waals surface area contributed by atoms with E-state index in [4.69, 9.17) is 5.73 Å². The lowest BCUT2D eigenvalue weighted by molar-refractivity contribution is 0.228. The summed E-state index contributed by atoms with van der Waals surface area (Å²) in [7, 11) is 0. The molecule has 0 spiro atoms. The second kappa shape index (κ2) is 4.43. The summed E-state index contributed by atoms with van der Waals surface area (Å²) in [6.45, 7) is 1.21. The maximum atomic E-state index is 6.17. The van der Waals surface area contributed by atoms with Gasteiger partial charge in [-0.05, 0) is 44.6 Å². The first-order valence-electron chi connectivity index (χ1n) is 5.85. The molecule has 1 aliphatic heterocycles. The van der Waals surface area contributed by atoms with E-state index in [9.17, 15) is 0 Å². The van der Waals surface area contributed by atoms with Gasteiger partial charge < -0.3 is 11.1 Å². The average molecular weight is 182 g/mol. The largest absolute Gasteiger partial charge is 0.327 e. The standard InChI is InChI=1S/C11H22N2/c12-11(9-4-3-5-9)8-10-6-1-2-7-13-10/h9-11,13H,1-8,12H2. The summed E-state index contributed by atoms with van der Waals surface area (Å²) in [5.74, 6) is 0.851. The van der Waals surface area contributed by atoms with E-state index in [-0.39, 0.29) is 0 Å². The topological polar surface area (TPSA) is 38.0 Å². The number of hydrogen-bond donors (Lipinski definition) is 2. The van der Waals surface area contributed by atoms with E-state index in [1.165, 1.54) is 51.5 Å². The van der Waals surface area contributed by atoms with Gasteiger partial charge in [0.05, 0.1) is 0 Å². The molecule has 1 aliphatic carbocycles. The van der Waals surface area contributed by atoms with Crippen LogP contribution >= 0.6 is 0 Å². The lowest BCUT2D eigenvalue weighted by Crippen LogP contribution is -2.43. The van der Waals surface area contributed by atoms with Crippen LogP contribution in [-0.2, 0) is 0 Å². The molecular weight excluding hydrogens is 160 g/mol. The van der Waals surface area contributed by atoms with Crippen molar-refractivity contribution in [3.8, 4) is 0 Å². The molecule has 76 valence electrons. The van der Waals surface area contributed by atoms with Gasteiger partial charge in [0, 0.05) is 12.1 Å². The van der Waals surface area contributed by atoms with Gasteiger partial charge in [0.15, 0.2) is 0 Å². The van der Waals surface area contributed by atoms with Gasteiger partial charge in [0.1, 0.15) is 0 Å². The van der Waals surface area contributed by atoms with Crippen molar-refractivity contribution in [3.63, 3.8) is 0 Å². The van der Waals surface area contributed by atoms with Crippen LogP contribution in [0.15, 0.2) is 0 Å². The maximum absolute atomic E-state index is 6.17. The number of piperidine rings is 1. The summed E-state index contributed by atoms with van der Waals surface area (Å²) in [6, 6.07) is 1.20. The van der Waals surface area contributed by atoms with Gasteiger partial charge in [-0.15, -0.1) is 0 Å². The van der Waals surface area contributed by atoms with E-state index in [1.807, 2.05) is 0 Å². The van der Waals surface area contributed by atoms with Crippen LogP contribution in [0, 0.1) is 5.92 Å². The third-order valence-corrected chi connectivity index (χ3v) is 3.72. The van der Waals surface area contributed by atoms with Crippen molar-refractivity contribution in [1.82, 2.24) is 5.32 Å². The van der Waals surface area contributed by atoms with Crippen molar-refractivity contribution in [3.05, 3.63) is 0 Å². The fourth-order valence-corrected chi connectivity index (χ4v) is 2.51. The van der Waals surface area contributed by atoms with Gasteiger partial charge in [-0.1, -0.05) is 12.8 Å². The fraction of sp³-hybridized carbons (Fsp3) is 1.00. The molecule has 0 bridgehead atoms. The minimum atomic E-state index is 0.476. The van der Waals surface area contributed by atoms with Gasteiger partial charge in [-0.3, -0.25) is 0 Å². The first-order chi connectivity index (χ1) is 6.36. The van der Waals surface area contributed by atoms with Gasteiger partial charge in [0.25, 0.3) is 0 Å². The lowest BCUT2D eigenvalue weighted by Gasteiger charge is -2.34. The third kappa shape index (κ3) is 2.44. The molecule has 1 heterocycles. The van der Waals surface area contributed by atoms with Crippen LogP contribution < -0.4 is 11.1 Å². The second-order valence-electron chi connectivity index (χ2n) is 4.74. The van der Waals surface area contributed by atoms with Crippen LogP contribution in [0.25, 0.3) is 0 Å². The van der Waals surface area contributed by atoms with Crippen LogP contribution in [-0.4, -0.2) is 18.6 Å². The second-order valence-corrected chi connectivity index (χ2v) is 4.74. The first kappa shape index (κ1) is 9.47. The quantitative estimate of drug-likeness (QED) is 0.696. The molecule has 1 saturated heterocycles. The van der Waals surface area contributed by atoms with Crippen molar-refractivity contribution in [1.29, 1.82) is 0 Å². The molecule has 2 aliphatic rings. The summed E-state index contributed by atoms with van der Waals surface area (Å²) in [4.78, 5) is 0. The summed E-state index contributed by atoms with van der Waals surface area (Å²) < 4.78 is 0. The monoisotopic (exact) mass is 182 g/mol. The molecule has 2 atom stereocenters. The highest BCUT2D eigenvalue weighted by atomic mass is 14.9. The molecule has 3 N–H and O–H groups in total. The first-order valence-corrected chi connectivity index (χ1v) is 5.85. The average Bonchev–Trinajstić information content (AvgIpc) is 2.02. The lowest BCUT2D eigenvalue weighted by atomic mass is 9.77. The van der Waals surface area contributed by atoms with Gasteiger partial charge in [0.2, 0.25) is 0 Å². The summed E-state index contributed by atoms with van der Waals surface area (Å²) in [6.07, 6.45) is 9.49. The predicted molar refractivity (Wildman–Crippen MR) is 55.6 cm³/mol. The molecule has 0 aromatic heterocycles. The fourth-order valence-electron chi connectivity index (χ4n) is 2.51. The van der Waals surface area contributed by atoms with Gasteiger partial charge in [-0.2, -0.15) is 0 Å². The van der Waals surface area contributed by atoms with Crippen LogP contribution in [0.3, 0.4) is 0 Å². The SMILES string of the molecule is NC(CC1CCCCN1)C1CCC1. The Bertz CT molecular complexity index is 148. The van der Waals surface area contributed by atoms with Crippen LogP contribution in [0.1, 0.15) is 44.9 Å². The number of nitrogens with one attached hydrogen (secondary N) is 1. The van der Waals surface area contributed by atoms with Gasteiger partial charge in [-0.25, -0.2) is 0 Å². The summed E-state index contributed by atoms with van der Waals surface area (Å²) >= 11 is 0. The number of hydrogen-bond acceptors (Lipinski definition) is 2. The number of rotatable bonds is 3. The summed E-state index contributed by atoms with van der Waals surface area (Å²) in [5, 5.41) is 3.57. The Hall–Kier alpha value is -0.0800. The van der Waals surface area contributed by atoms with E-state index < -0.39 is 0 Å². The zero-order valence-corrected chi connectivity index (χ0v) is 8.47. The molecular formula is C11H22N2. The molecule has 0 aromatic carbocycles. The smallest absolute Gasteiger partial charge is 0.00819 e. The molecule has 2 heteroatoms. The molecule has 13 heavy (non-hydrogen) atoms. The normalized spacial score (nSPS) is 32.5. The van der Waals surface area contributed by atoms with Crippen molar-refractivity contribution in [2.24, 2.45) is 11.7 Å². The van der Waals surface area contributed by atoms with Crippen molar-refractivity contribution >= 4 is 0 Å². The van der Waals surface area contributed by atoms with E-state index in [1.54, 1.807) is 0 Å². The zero-order chi connectivity index (χ0) is 9.10. The Balaban J connectivity index is 1.69. The van der Waals surface area contributed by atoms with Crippen LogP contribution in [0.2, 0.25) is 0 Å². The van der Waals surface area contributed by atoms with Crippen molar-refractivity contribution in [2.75, 3.05) is 6.54 Å². The zero-order valence-electron chi connectivity index (χ0n) is 8.47. The minimum absolute atomic E-state index is 0.476. The molecule has 1 saturated carbocycles. The van der Waals surface area contributed by atoms with E-state index in [0.717, 1.165) is 12.0 Å². The molecule has 2 unspecified atom stereocenters. The Kier molecular flexibility index (Phi) is 3.23. The molecule has 2 nitrogen and oxygen atoms in total. The van der Waals surface area contributed by atoms with Crippen molar-refractivity contribution in [2.45, 2.75) is 57.0 Å². The number of nitrogens with two attached hydrogens (primary N) is 1. The Morgan fingerprint density at radius 3 is 2.54 bits per heavy atom. The molecule has 0 aromatic rings. The molecule has 2 fully saturated rings. The Labute approximate surface area is 81.3 Å². The summed E-state index contributed by atoms with van der Waals surface area (Å²) in [5.41, 5.74) is 6.17. The molecule has 0 amide bonds. The predicted octanol–water partition coefficient (Wildman–Crippen LogP) is 1.65. The van der Waals surface area contributed by atoms with Crippen LogP contribution in [0.5, 0.6) is 0 Å². The van der Waals surface area contributed by atoms with E-state index in [0.29, 0.717) is 6.04 Å². The Morgan fingerprint density at radius 1 is 1.15 bits per heavy atom. The van der Waals surface area contributed by atoms with E-state index in [2.05, 4.69) is 5.32 Å². The maximum Gasteiger partial charge on any atom is 0.00819 e. The highest BCUT2D eigenvalue weighted by Crippen LogP contribution is 2.30. The Morgan fingerprint density at radius 2 is 2.00 bits per heavy atom. The molecule has 0 radical (unpaired) electrons. The highest BCUT2D eigenvalue weighted by Gasteiger charge is 2.26. The minimum Gasteiger partial charge on any atom is -0.327 e.